The summed E-state index contributed by atoms with van der Waals surface area (Å²) in [5.41, 5.74) is -0.201. The molecule has 0 spiro atoms. The fourth-order valence-electron chi connectivity index (χ4n) is 1.57. The van der Waals surface area contributed by atoms with Crippen LogP contribution >= 0.6 is 15.9 Å². The molecule has 1 heterocycles. The molecule has 1 aliphatic heterocycles. The number of imide groups is 1. The van der Waals surface area contributed by atoms with Crippen LogP contribution in [0.3, 0.4) is 0 Å². The average Bonchev–Trinajstić information content (AvgIpc) is 2.08. The molecule has 15 heavy (non-hydrogen) atoms. The van der Waals surface area contributed by atoms with Crippen molar-refractivity contribution in [2.24, 2.45) is 5.41 Å². The lowest BCUT2D eigenvalue weighted by Gasteiger charge is -2.33. The highest BCUT2D eigenvalue weighted by atomic mass is 79.9. The number of nitrogens with zero attached hydrogens (tertiary/aromatic N) is 1. The molecule has 2 amide bonds. The molecule has 0 bridgehead atoms. The van der Waals surface area contributed by atoms with Crippen molar-refractivity contribution in [2.75, 3.05) is 11.9 Å². The van der Waals surface area contributed by atoms with Crippen molar-refractivity contribution in [1.29, 1.82) is 0 Å². The summed E-state index contributed by atoms with van der Waals surface area (Å²) in [6.07, 6.45) is 0.851. The van der Waals surface area contributed by atoms with Gasteiger partial charge in [-0.3, -0.25) is 14.5 Å². The third-order valence-corrected chi connectivity index (χ3v) is 2.57. The molecule has 0 aromatic heterocycles. The fourth-order valence-corrected chi connectivity index (χ4v) is 1.77. The third-order valence-electron chi connectivity index (χ3n) is 2.29. The van der Waals surface area contributed by atoms with E-state index in [9.17, 15) is 9.59 Å². The summed E-state index contributed by atoms with van der Waals surface area (Å²) in [5, 5.41) is 0.564. The van der Waals surface area contributed by atoms with Gasteiger partial charge < -0.3 is 0 Å². The van der Waals surface area contributed by atoms with E-state index in [1.165, 1.54) is 4.90 Å². The first-order valence-corrected chi connectivity index (χ1v) is 5.93. The maximum absolute atomic E-state index is 11.6. The normalized spacial score (nSPS) is 19.8. The van der Waals surface area contributed by atoms with Gasteiger partial charge in [-0.15, -0.1) is 0 Å². The van der Waals surface area contributed by atoms with Crippen molar-refractivity contribution in [1.82, 2.24) is 4.90 Å². The fraction of sp³-hybridized carbons (Fsp3) is 0.636. The molecule has 0 aromatic rings. The summed E-state index contributed by atoms with van der Waals surface area (Å²) in [6.45, 7) is 4.09. The SMILES string of the molecule is CC1(C)CC(=O)N(CC#CCBr)C(=O)C1. The second-order valence-corrected chi connectivity index (χ2v) is 4.94. The van der Waals surface area contributed by atoms with Gasteiger partial charge in [-0.05, 0) is 5.41 Å². The van der Waals surface area contributed by atoms with Crippen LogP contribution in [0.5, 0.6) is 0 Å². The molecule has 1 saturated heterocycles. The summed E-state index contributed by atoms with van der Waals surface area (Å²) in [4.78, 5) is 24.5. The number of halogens is 1. The second kappa shape index (κ2) is 4.80. The number of hydrogen-bond acceptors (Lipinski definition) is 2. The van der Waals surface area contributed by atoms with E-state index in [0.717, 1.165) is 0 Å². The van der Waals surface area contributed by atoms with Crippen LogP contribution in [-0.2, 0) is 9.59 Å². The zero-order valence-corrected chi connectivity index (χ0v) is 10.6. The average molecular weight is 272 g/mol. The van der Waals surface area contributed by atoms with E-state index in [-0.39, 0.29) is 23.8 Å². The molecule has 0 radical (unpaired) electrons. The minimum Gasteiger partial charge on any atom is -0.274 e. The Morgan fingerprint density at radius 2 is 1.80 bits per heavy atom. The van der Waals surface area contributed by atoms with Crippen LogP contribution in [0, 0.1) is 17.3 Å². The molecule has 1 aliphatic rings. The summed E-state index contributed by atoms with van der Waals surface area (Å²) in [7, 11) is 0. The number of hydrogen-bond donors (Lipinski definition) is 0. The molecule has 82 valence electrons. The Hall–Kier alpha value is -0.820. The van der Waals surface area contributed by atoms with E-state index in [1.54, 1.807) is 0 Å². The van der Waals surface area contributed by atoms with Crippen LogP contribution in [0.2, 0.25) is 0 Å². The van der Waals surface area contributed by atoms with Crippen molar-refractivity contribution >= 4 is 27.7 Å². The van der Waals surface area contributed by atoms with Crippen molar-refractivity contribution in [3.05, 3.63) is 0 Å². The number of alkyl halides is 1. The van der Waals surface area contributed by atoms with Gasteiger partial charge >= 0.3 is 0 Å². The van der Waals surface area contributed by atoms with Crippen LogP contribution in [0.25, 0.3) is 0 Å². The first-order chi connectivity index (χ1) is 6.96. The monoisotopic (exact) mass is 271 g/mol. The molecule has 0 unspecified atom stereocenters. The van der Waals surface area contributed by atoms with Gasteiger partial charge in [-0.2, -0.15) is 0 Å². The molecule has 0 aliphatic carbocycles. The molecule has 0 N–H and O–H groups in total. The van der Waals surface area contributed by atoms with Gasteiger partial charge in [0.25, 0.3) is 0 Å². The first kappa shape index (κ1) is 12.3. The maximum Gasteiger partial charge on any atom is 0.230 e. The van der Waals surface area contributed by atoms with Crippen LogP contribution in [0.15, 0.2) is 0 Å². The standard InChI is InChI=1S/C11H14BrNO2/c1-11(2)7-9(14)13(10(15)8-11)6-4-3-5-12/h5-8H2,1-2H3. The number of rotatable bonds is 1. The van der Waals surface area contributed by atoms with Crippen molar-refractivity contribution < 1.29 is 9.59 Å². The van der Waals surface area contributed by atoms with Crippen molar-refractivity contribution in [2.45, 2.75) is 26.7 Å². The minimum absolute atomic E-state index is 0.111. The summed E-state index contributed by atoms with van der Waals surface area (Å²) >= 11 is 3.16. The first-order valence-electron chi connectivity index (χ1n) is 4.81. The Morgan fingerprint density at radius 3 is 2.27 bits per heavy atom. The summed E-state index contributed by atoms with van der Waals surface area (Å²) in [5.74, 6) is 5.34. The smallest absolute Gasteiger partial charge is 0.230 e. The minimum atomic E-state index is -0.201. The molecule has 3 nitrogen and oxygen atoms in total. The molecule has 4 heteroatoms. The highest BCUT2D eigenvalue weighted by Gasteiger charge is 2.36. The Labute approximate surface area is 98.3 Å². The lowest BCUT2D eigenvalue weighted by molar-refractivity contribution is -0.151. The van der Waals surface area contributed by atoms with Crippen LogP contribution in [0.1, 0.15) is 26.7 Å². The van der Waals surface area contributed by atoms with Crippen LogP contribution in [0.4, 0.5) is 0 Å². The van der Waals surface area contributed by atoms with Crippen LogP contribution in [-0.4, -0.2) is 28.6 Å². The van der Waals surface area contributed by atoms with E-state index >= 15 is 0 Å². The van der Waals surface area contributed by atoms with Gasteiger partial charge in [0.15, 0.2) is 0 Å². The van der Waals surface area contributed by atoms with Crippen LogP contribution < -0.4 is 0 Å². The highest BCUT2D eigenvalue weighted by Crippen LogP contribution is 2.31. The molecule has 1 fully saturated rings. The third kappa shape index (κ3) is 3.35. The summed E-state index contributed by atoms with van der Waals surface area (Å²) in [6, 6.07) is 0. The van der Waals surface area contributed by atoms with E-state index in [4.69, 9.17) is 0 Å². The van der Waals surface area contributed by atoms with Crippen molar-refractivity contribution in [3.63, 3.8) is 0 Å². The lowest BCUT2D eigenvalue weighted by atomic mass is 9.82. The largest absolute Gasteiger partial charge is 0.274 e. The topological polar surface area (TPSA) is 37.4 Å². The van der Waals surface area contributed by atoms with Gasteiger partial charge in [0.1, 0.15) is 0 Å². The summed E-state index contributed by atoms with van der Waals surface area (Å²) < 4.78 is 0. The van der Waals surface area contributed by atoms with Gasteiger partial charge in [-0.25, -0.2) is 0 Å². The van der Waals surface area contributed by atoms with Gasteiger partial charge in [0.05, 0.1) is 11.9 Å². The predicted molar refractivity (Wildman–Crippen MR) is 61.3 cm³/mol. The van der Waals surface area contributed by atoms with Gasteiger partial charge in [0.2, 0.25) is 11.8 Å². The predicted octanol–water partition coefficient (Wildman–Crippen LogP) is 1.56. The number of carbonyl (C=O) groups is 2. The van der Waals surface area contributed by atoms with E-state index in [0.29, 0.717) is 18.2 Å². The molecule has 1 rings (SSSR count). The second-order valence-electron chi connectivity index (χ2n) is 4.38. The zero-order chi connectivity index (χ0) is 11.5. The number of carbonyl (C=O) groups excluding carboxylic acids is 2. The number of likely N-dealkylation sites (tertiary alicyclic amines) is 1. The Kier molecular flexibility index (Phi) is 3.92. The Bertz CT molecular complexity index is 318. The molecular weight excluding hydrogens is 258 g/mol. The lowest BCUT2D eigenvalue weighted by Crippen LogP contribution is -2.46. The molecule has 0 aromatic carbocycles. The Balaban J connectivity index is 2.67. The van der Waals surface area contributed by atoms with Gasteiger partial charge in [-0.1, -0.05) is 41.6 Å². The quantitative estimate of drug-likeness (QED) is 0.412. The van der Waals surface area contributed by atoms with E-state index < -0.39 is 0 Å². The highest BCUT2D eigenvalue weighted by molar-refractivity contribution is 9.09. The number of amides is 2. The van der Waals surface area contributed by atoms with E-state index in [2.05, 4.69) is 27.8 Å². The number of piperidine rings is 1. The molecule has 0 saturated carbocycles. The van der Waals surface area contributed by atoms with Gasteiger partial charge in [0, 0.05) is 12.8 Å². The maximum atomic E-state index is 11.6. The zero-order valence-electron chi connectivity index (χ0n) is 8.97. The molecule has 0 atom stereocenters. The van der Waals surface area contributed by atoms with Crippen molar-refractivity contribution in [3.8, 4) is 11.8 Å². The molecular formula is C11H14BrNO2. The van der Waals surface area contributed by atoms with E-state index in [1.807, 2.05) is 13.8 Å². The Morgan fingerprint density at radius 1 is 1.27 bits per heavy atom.